The first-order chi connectivity index (χ1) is 9.24. The number of rotatable bonds is 6. The number of aliphatic hydroxyl groups excluding tert-OH is 1. The smallest absolute Gasteiger partial charge is 0.226 e. The number of aliphatic hydroxyl groups is 1. The Labute approximate surface area is 113 Å². The molecular weight excluding hydrogens is 240 g/mol. The molecule has 0 aliphatic carbocycles. The van der Waals surface area contributed by atoms with Gasteiger partial charge in [-0.3, -0.25) is 4.90 Å². The van der Waals surface area contributed by atoms with E-state index in [1.54, 1.807) is 0 Å². The van der Waals surface area contributed by atoms with Crippen LogP contribution in [0.3, 0.4) is 0 Å². The van der Waals surface area contributed by atoms with Crippen LogP contribution in [0.1, 0.15) is 18.4 Å². The van der Waals surface area contributed by atoms with Gasteiger partial charge in [0.25, 0.3) is 0 Å². The van der Waals surface area contributed by atoms with Gasteiger partial charge in [0.05, 0.1) is 12.3 Å². The van der Waals surface area contributed by atoms with Crippen molar-refractivity contribution in [2.24, 2.45) is 0 Å². The van der Waals surface area contributed by atoms with Crippen LogP contribution >= 0.6 is 0 Å². The van der Waals surface area contributed by atoms with Crippen molar-refractivity contribution in [2.75, 3.05) is 19.7 Å². The third kappa shape index (κ3) is 3.43. The maximum Gasteiger partial charge on any atom is 0.226 e. The highest BCUT2D eigenvalue weighted by Crippen LogP contribution is 2.22. The van der Waals surface area contributed by atoms with Gasteiger partial charge in [-0.2, -0.15) is 0 Å². The summed E-state index contributed by atoms with van der Waals surface area (Å²) >= 11 is 0. The molecule has 19 heavy (non-hydrogen) atoms. The molecule has 0 radical (unpaired) electrons. The lowest BCUT2D eigenvalue weighted by Crippen LogP contribution is -2.26. The van der Waals surface area contributed by atoms with Gasteiger partial charge in [-0.1, -0.05) is 25.1 Å². The summed E-state index contributed by atoms with van der Waals surface area (Å²) in [6, 6.07) is 9.89. The first-order valence-electron chi connectivity index (χ1n) is 6.59. The van der Waals surface area contributed by atoms with Crippen molar-refractivity contribution in [3.05, 3.63) is 41.8 Å². The normalized spacial score (nSPS) is 11.2. The van der Waals surface area contributed by atoms with Crippen LogP contribution in [-0.4, -0.2) is 34.7 Å². The van der Waals surface area contributed by atoms with Crippen LogP contribution in [0.15, 0.2) is 34.7 Å². The molecule has 0 aliphatic heterocycles. The van der Waals surface area contributed by atoms with Gasteiger partial charge in [-0.05, 0) is 25.6 Å². The van der Waals surface area contributed by atoms with Gasteiger partial charge >= 0.3 is 0 Å². The van der Waals surface area contributed by atoms with Gasteiger partial charge in [-0.15, -0.1) is 0 Å². The Balaban J connectivity index is 2.17. The van der Waals surface area contributed by atoms with E-state index in [1.165, 1.54) is 0 Å². The summed E-state index contributed by atoms with van der Waals surface area (Å²) < 4.78 is 5.72. The number of benzene rings is 1. The highest BCUT2D eigenvalue weighted by atomic mass is 16.4. The van der Waals surface area contributed by atoms with Gasteiger partial charge in [0, 0.05) is 18.7 Å². The summed E-state index contributed by atoms with van der Waals surface area (Å²) in [6.07, 6.45) is 0. The van der Waals surface area contributed by atoms with Crippen molar-refractivity contribution < 1.29 is 9.52 Å². The highest BCUT2D eigenvalue weighted by Gasteiger charge is 2.13. The topological polar surface area (TPSA) is 49.5 Å². The molecule has 2 rings (SSSR count). The van der Waals surface area contributed by atoms with E-state index in [9.17, 15) is 0 Å². The molecule has 4 heteroatoms. The number of nitrogens with zero attached hydrogens (tertiary/aromatic N) is 2. The van der Waals surface area contributed by atoms with Crippen molar-refractivity contribution >= 4 is 0 Å². The van der Waals surface area contributed by atoms with Crippen molar-refractivity contribution in [2.45, 2.75) is 20.4 Å². The molecule has 0 aliphatic rings. The average Bonchev–Trinajstić information content (AvgIpc) is 2.80. The summed E-state index contributed by atoms with van der Waals surface area (Å²) in [6.45, 7) is 6.41. The third-order valence-corrected chi connectivity index (χ3v) is 3.15. The molecule has 1 aromatic heterocycles. The number of oxazole rings is 1. The van der Waals surface area contributed by atoms with E-state index < -0.39 is 0 Å². The predicted octanol–water partition coefficient (Wildman–Crippen LogP) is 2.46. The maximum absolute atomic E-state index is 9.01. The second-order valence-electron chi connectivity index (χ2n) is 4.48. The molecule has 0 spiro atoms. The quantitative estimate of drug-likeness (QED) is 0.866. The zero-order chi connectivity index (χ0) is 13.7. The number of aromatic nitrogens is 1. The van der Waals surface area contributed by atoms with Crippen LogP contribution in [0.25, 0.3) is 11.5 Å². The number of likely N-dealkylation sites (N-methyl/N-ethyl adjacent to an activating group) is 1. The molecule has 0 saturated heterocycles. The summed E-state index contributed by atoms with van der Waals surface area (Å²) in [5.74, 6) is 1.50. The Morgan fingerprint density at radius 3 is 2.63 bits per heavy atom. The number of hydrogen-bond donors (Lipinski definition) is 1. The zero-order valence-electron chi connectivity index (χ0n) is 11.5. The molecule has 0 amide bonds. The van der Waals surface area contributed by atoms with E-state index in [0.29, 0.717) is 19.0 Å². The Kier molecular flexibility index (Phi) is 4.71. The third-order valence-electron chi connectivity index (χ3n) is 3.15. The van der Waals surface area contributed by atoms with E-state index in [4.69, 9.17) is 9.52 Å². The lowest BCUT2D eigenvalue weighted by molar-refractivity contribution is 0.195. The van der Waals surface area contributed by atoms with Gasteiger partial charge < -0.3 is 9.52 Å². The fraction of sp³-hybridized carbons (Fsp3) is 0.400. The second kappa shape index (κ2) is 6.50. The Hall–Kier alpha value is -1.65. The lowest BCUT2D eigenvalue weighted by atomic mass is 10.2. The van der Waals surface area contributed by atoms with Gasteiger partial charge in [0.2, 0.25) is 5.89 Å². The van der Waals surface area contributed by atoms with E-state index in [-0.39, 0.29) is 6.61 Å². The molecular formula is C15H20N2O2. The standard InChI is InChI=1S/C15H20N2O2/c1-3-17(9-10-18)11-14-12(2)19-15(16-14)13-7-5-4-6-8-13/h4-8,18H,3,9-11H2,1-2H3. The molecule has 1 N–H and O–H groups in total. The van der Waals surface area contributed by atoms with Crippen LogP contribution in [-0.2, 0) is 6.54 Å². The number of aryl methyl sites for hydroxylation is 1. The second-order valence-corrected chi connectivity index (χ2v) is 4.48. The summed E-state index contributed by atoms with van der Waals surface area (Å²) in [4.78, 5) is 6.70. The summed E-state index contributed by atoms with van der Waals surface area (Å²) in [5.41, 5.74) is 1.93. The fourth-order valence-electron chi connectivity index (χ4n) is 1.98. The van der Waals surface area contributed by atoms with Crippen LogP contribution in [0.4, 0.5) is 0 Å². The van der Waals surface area contributed by atoms with E-state index >= 15 is 0 Å². The Morgan fingerprint density at radius 2 is 2.00 bits per heavy atom. The van der Waals surface area contributed by atoms with Crippen molar-refractivity contribution in [1.29, 1.82) is 0 Å². The van der Waals surface area contributed by atoms with Crippen molar-refractivity contribution in [3.63, 3.8) is 0 Å². The Bertz CT molecular complexity index is 508. The van der Waals surface area contributed by atoms with Crippen molar-refractivity contribution in [3.8, 4) is 11.5 Å². The fourth-order valence-corrected chi connectivity index (χ4v) is 1.98. The molecule has 1 aromatic carbocycles. The predicted molar refractivity (Wildman–Crippen MR) is 74.7 cm³/mol. The van der Waals surface area contributed by atoms with Crippen LogP contribution in [0.5, 0.6) is 0 Å². The minimum atomic E-state index is 0.163. The highest BCUT2D eigenvalue weighted by molar-refractivity contribution is 5.53. The first kappa shape index (κ1) is 13.8. The van der Waals surface area contributed by atoms with Gasteiger partial charge in [0.15, 0.2) is 0 Å². The Morgan fingerprint density at radius 1 is 1.26 bits per heavy atom. The molecule has 1 heterocycles. The first-order valence-corrected chi connectivity index (χ1v) is 6.59. The SMILES string of the molecule is CCN(CCO)Cc1nc(-c2ccccc2)oc1C. The van der Waals surface area contributed by atoms with E-state index in [0.717, 1.165) is 23.6 Å². The number of hydrogen-bond acceptors (Lipinski definition) is 4. The van der Waals surface area contributed by atoms with Crippen LogP contribution in [0, 0.1) is 6.92 Å². The maximum atomic E-state index is 9.01. The van der Waals surface area contributed by atoms with Crippen molar-refractivity contribution in [1.82, 2.24) is 9.88 Å². The van der Waals surface area contributed by atoms with Crippen LogP contribution < -0.4 is 0 Å². The molecule has 2 aromatic rings. The zero-order valence-corrected chi connectivity index (χ0v) is 11.5. The molecule has 0 saturated carbocycles. The molecule has 102 valence electrons. The van der Waals surface area contributed by atoms with E-state index in [1.807, 2.05) is 37.3 Å². The largest absolute Gasteiger partial charge is 0.441 e. The average molecular weight is 260 g/mol. The minimum absolute atomic E-state index is 0.163. The molecule has 4 nitrogen and oxygen atoms in total. The van der Waals surface area contributed by atoms with Gasteiger partial charge in [-0.25, -0.2) is 4.98 Å². The van der Waals surface area contributed by atoms with Gasteiger partial charge in [0.1, 0.15) is 5.76 Å². The molecule has 0 fully saturated rings. The molecule has 0 atom stereocenters. The van der Waals surface area contributed by atoms with Crippen LogP contribution in [0.2, 0.25) is 0 Å². The molecule has 0 bridgehead atoms. The molecule has 0 unspecified atom stereocenters. The summed E-state index contributed by atoms with van der Waals surface area (Å²) in [5, 5.41) is 9.01. The van der Waals surface area contributed by atoms with E-state index in [2.05, 4.69) is 16.8 Å². The minimum Gasteiger partial charge on any atom is -0.441 e. The lowest BCUT2D eigenvalue weighted by Gasteiger charge is -2.17. The monoisotopic (exact) mass is 260 g/mol. The summed E-state index contributed by atoms with van der Waals surface area (Å²) in [7, 11) is 0.